The highest BCUT2D eigenvalue weighted by Gasteiger charge is 2.50. The molecule has 1 unspecified atom stereocenters. The SMILES string of the molecule is C=C1C=C[C@H]2C(C)(C)CCC[C@]2(C)[C@H]1CCC(C)OC=O. The molecule has 0 N–H and O–H groups in total. The molecule has 0 saturated heterocycles. The average Bonchev–Trinajstić information content (AvgIpc) is 2.37. The van der Waals surface area contributed by atoms with Crippen LogP contribution in [0.1, 0.15) is 59.8 Å². The lowest BCUT2D eigenvalue weighted by molar-refractivity contribution is -0.133. The van der Waals surface area contributed by atoms with E-state index in [1.54, 1.807) is 0 Å². The first-order valence-electron chi connectivity index (χ1n) is 8.27. The van der Waals surface area contributed by atoms with Crippen LogP contribution in [0.5, 0.6) is 0 Å². The zero-order valence-electron chi connectivity index (χ0n) is 14.0. The van der Waals surface area contributed by atoms with Gasteiger partial charge in [0, 0.05) is 0 Å². The lowest BCUT2D eigenvalue weighted by Gasteiger charge is -2.55. The molecule has 1 fully saturated rings. The number of ether oxygens (including phenoxy) is 1. The van der Waals surface area contributed by atoms with Crippen LogP contribution in [0.25, 0.3) is 0 Å². The van der Waals surface area contributed by atoms with Gasteiger partial charge >= 0.3 is 0 Å². The molecule has 0 bridgehead atoms. The van der Waals surface area contributed by atoms with Gasteiger partial charge in [0.2, 0.25) is 0 Å². The van der Waals surface area contributed by atoms with Gasteiger partial charge in [0.05, 0.1) is 6.10 Å². The zero-order chi connectivity index (χ0) is 15.7. The van der Waals surface area contributed by atoms with E-state index in [2.05, 4.69) is 39.5 Å². The summed E-state index contributed by atoms with van der Waals surface area (Å²) in [5.74, 6) is 1.13. The molecule has 2 aliphatic carbocycles. The third kappa shape index (κ3) is 3.09. The van der Waals surface area contributed by atoms with Crippen molar-refractivity contribution in [3.8, 4) is 0 Å². The fourth-order valence-corrected chi connectivity index (χ4v) is 4.84. The van der Waals surface area contributed by atoms with E-state index in [0.717, 1.165) is 12.8 Å². The molecule has 0 aliphatic heterocycles. The Morgan fingerprint density at radius 1 is 1.43 bits per heavy atom. The number of fused-ring (bicyclic) bond motifs is 1. The second kappa shape index (κ2) is 5.98. The van der Waals surface area contributed by atoms with E-state index >= 15 is 0 Å². The predicted octanol–water partition coefficient (Wildman–Crippen LogP) is 4.90. The summed E-state index contributed by atoms with van der Waals surface area (Å²) in [4.78, 5) is 10.5. The molecule has 1 saturated carbocycles. The van der Waals surface area contributed by atoms with Gasteiger partial charge in [-0.05, 0) is 55.3 Å². The van der Waals surface area contributed by atoms with Crippen LogP contribution in [0.4, 0.5) is 0 Å². The molecule has 21 heavy (non-hydrogen) atoms. The molecule has 4 atom stereocenters. The Labute approximate surface area is 129 Å². The second-order valence-electron chi connectivity index (χ2n) is 7.93. The summed E-state index contributed by atoms with van der Waals surface area (Å²) in [7, 11) is 0. The first-order chi connectivity index (χ1) is 9.81. The summed E-state index contributed by atoms with van der Waals surface area (Å²) in [5.41, 5.74) is 1.92. The van der Waals surface area contributed by atoms with E-state index in [-0.39, 0.29) is 6.10 Å². The first-order valence-corrected chi connectivity index (χ1v) is 8.27. The molecule has 2 aliphatic rings. The van der Waals surface area contributed by atoms with Crippen molar-refractivity contribution in [2.75, 3.05) is 0 Å². The van der Waals surface area contributed by atoms with E-state index < -0.39 is 0 Å². The summed E-state index contributed by atoms with van der Waals surface area (Å²) in [6.45, 7) is 14.1. The summed E-state index contributed by atoms with van der Waals surface area (Å²) in [5, 5.41) is 0. The Hall–Kier alpha value is -1.05. The van der Waals surface area contributed by atoms with Gasteiger partial charge in [0.25, 0.3) is 6.47 Å². The van der Waals surface area contributed by atoms with E-state index in [1.165, 1.54) is 24.8 Å². The summed E-state index contributed by atoms with van der Waals surface area (Å²) in [6, 6.07) is 0. The molecule has 2 heteroatoms. The van der Waals surface area contributed by atoms with Crippen molar-refractivity contribution < 1.29 is 9.53 Å². The highest BCUT2D eigenvalue weighted by molar-refractivity contribution is 5.37. The van der Waals surface area contributed by atoms with Gasteiger partial charge in [-0.15, -0.1) is 0 Å². The van der Waals surface area contributed by atoms with Gasteiger partial charge in [-0.25, -0.2) is 0 Å². The minimum atomic E-state index is -0.000133. The van der Waals surface area contributed by atoms with Crippen LogP contribution >= 0.6 is 0 Å². The molecular weight excluding hydrogens is 260 g/mol. The average molecular weight is 290 g/mol. The molecule has 2 nitrogen and oxygen atoms in total. The summed E-state index contributed by atoms with van der Waals surface area (Å²) in [6.07, 6.45) is 10.5. The monoisotopic (exact) mass is 290 g/mol. The highest BCUT2D eigenvalue weighted by Crippen LogP contribution is 2.59. The first kappa shape index (κ1) is 16.3. The molecule has 2 rings (SSSR count). The Balaban J connectivity index is 2.18. The van der Waals surface area contributed by atoms with E-state index in [1.807, 2.05) is 6.92 Å². The molecule has 0 spiro atoms. The largest absolute Gasteiger partial charge is 0.465 e. The van der Waals surface area contributed by atoms with Crippen molar-refractivity contribution >= 4 is 6.47 Å². The number of carbonyl (C=O) groups excluding carboxylic acids is 1. The minimum Gasteiger partial charge on any atom is -0.465 e. The Morgan fingerprint density at radius 2 is 2.14 bits per heavy atom. The Bertz CT molecular complexity index is 435. The standard InChI is InChI=1S/C19H30O2/c1-14-7-10-17-18(3,4)11-6-12-19(17,5)16(14)9-8-15(2)21-13-20/h7,10,13,15-17H,1,6,8-9,11-12H2,2-5H3/t15?,16-,17-,19+/m0/s1. The van der Waals surface area contributed by atoms with Crippen LogP contribution in [-0.4, -0.2) is 12.6 Å². The van der Waals surface area contributed by atoms with Crippen molar-refractivity contribution in [3.05, 3.63) is 24.3 Å². The van der Waals surface area contributed by atoms with Crippen LogP contribution in [-0.2, 0) is 9.53 Å². The quantitative estimate of drug-likeness (QED) is 0.673. The molecule has 0 aromatic heterocycles. The van der Waals surface area contributed by atoms with Crippen LogP contribution in [0.3, 0.4) is 0 Å². The van der Waals surface area contributed by atoms with Crippen molar-refractivity contribution in [2.45, 2.75) is 65.9 Å². The molecular formula is C19H30O2. The maximum absolute atomic E-state index is 10.5. The van der Waals surface area contributed by atoms with Gasteiger partial charge in [-0.3, -0.25) is 4.79 Å². The summed E-state index contributed by atoms with van der Waals surface area (Å²) < 4.78 is 5.05. The third-order valence-electron chi connectivity index (χ3n) is 5.99. The predicted molar refractivity (Wildman–Crippen MR) is 86.8 cm³/mol. The molecule has 0 aromatic carbocycles. The normalized spacial score (nSPS) is 35.9. The zero-order valence-corrected chi connectivity index (χ0v) is 14.0. The van der Waals surface area contributed by atoms with Crippen molar-refractivity contribution in [1.82, 2.24) is 0 Å². The molecule has 0 aromatic rings. The maximum Gasteiger partial charge on any atom is 0.293 e. The third-order valence-corrected chi connectivity index (χ3v) is 5.99. The number of rotatable bonds is 5. The van der Waals surface area contributed by atoms with E-state index in [0.29, 0.717) is 29.1 Å². The van der Waals surface area contributed by atoms with Crippen molar-refractivity contribution in [1.29, 1.82) is 0 Å². The number of hydrogen-bond acceptors (Lipinski definition) is 2. The fourth-order valence-electron chi connectivity index (χ4n) is 4.84. The lowest BCUT2D eigenvalue weighted by Crippen LogP contribution is -2.47. The van der Waals surface area contributed by atoms with Gasteiger partial charge in [0.1, 0.15) is 0 Å². The number of hydrogen-bond donors (Lipinski definition) is 0. The molecule has 0 amide bonds. The van der Waals surface area contributed by atoms with Gasteiger partial charge < -0.3 is 4.74 Å². The van der Waals surface area contributed by atoms with Crippen LogP contribution in [0.2, 0.25) is 0 Å². The Morgan fingerprint density at radius 3 is 2.81 bits per heavy atom. The van der Waals surface area contributed by atoms with Gasteiger partial charge in [-0.1, -0.05) is 51.5 Å². The van der Waals surface area contributed by atoms with Crippen molar-refractivity contribution in [3.63, 3.8) is 0 Å². The lowest BCUT2D eigenvalue weighted by atomic mass is 9.49. The van der Waals surface area contributed by atoms with Crippen LogP contribution < -0.4 is 0 Å². The highest BCUT2D eigenvalue weighted by atomic mass is 16.5. The molecule has 0 radical (unpaired) electrons. The van der Waals surface area contributed by atoms with Crippen molar-refractivity contribution in [2.24, 2.45) is 22.7 Å². The minimum absolute atomic E-state index is 0.000133. The Kier molecular flexibility index (Phi) is 4.65. The molecule has 118 valence electrons. The van der Waals surface area contributed by atoms with Gasteiger partial charge in [-0.2, -0.15) is 0 Å². The second-order valence-corrected chi connectivity index (χ2v) is 7.93. The van der Waals surface area contributed by atoms with Crippen LogP contribution in [0.15, 0.2) is 24.3 Å². The summed E-state index contributed by atoms with van der Waals surface area (Å²) >= 11 is 0. The van der Waals surface area contributed by atoms with Gasteiger partial charge in [0.15, 0.2) is 0 Å². The number of allylic oxidation sites excluding steroid dienone is 3. The molecule has 0 heterocycles. The maximum atomic E-state index is 10.5. The fraction of sp³-hybridized carbons (Fsp3) is 0.737. The topological polar surface area (TPSA) is 26.3 Å². The van der Waals surface area contributed by atoms with E-state index in [4.69, 9.17) is 4.74 Å². The smallest absolute Gasteiger partial charge is 0.293 e. The van der Waals surface area contributed by atoms with Crippen LogP contribution in [0, 0.1) is 22.7 Å². The number of carbonyl (C=O) groups is 1. The van der Waals surface area contributed by atoms with E-state index in [9.17, 15) is 4.79 Å².